The van der Waals surface area contributed by atoms with Gasteiger partial charge in [-0.1, -0.05) is 20.8 Å². The van der Waals surface area contributed by atoms with Crippen LogP contribution in [0.5, 0.6) is 0 Å². The van der Waals surface area contributed by atoms with Crippen molar-refractivity contribution in [1.29, 1.82) is 0 Å². The Morgan fingerprint density at radius 3 is 2.24 bits per heavy atom. The zero-order valence-corrected chi connectivity index (χ0v) is 12.7. The first-order valence-electron chi connectivity index (χ1n) is 6.35. The van der Waals surface area contributed by atoms with Crippen LogP contribution in [-0.2, 0) is 9.84 Å². The molecule has 0 heterocycles. The first-order chi connectivity index (χ1) is 7.76. The van der Waals surface area contributed by atoms with Crippen LogP contribution in [0.2, 0.25) is 0 Å². The van der Waals surface area contributed by atoms with E-state index in [1.54, 1.807) is 6.92 Å². The van der Waals surface area contributed by atoms with Gasteiger partial charge in [-0.05, 0) is 26.4 Å². The van der Waals surface area contributed by atoms with Crippen molar-refractivity contribution >= 4 is 9.84 Å². The van der Waals surface area contributed by atoms with Crippen LogP contribution in [-0.4, -0.2) is 58.1 Å². The van der Waals surface area contributed by atoms with Gasteiger partial charge < -0.3 is 10.2 Å². The van der Waals surface area contributed by atoms with E-state index < -0.39 is 9.84 Å². The zero-order valence-electron chi connectivity index (χ0n) is 11.9. The smallest absolute Gasteiger partial charge is 0.151 e. The first-order valence-corrected chi connectivity index (χ1v) is 8.17. The number of nitrogens with one attached hydrogen (secondary N) is 1. The fourth-order valence-corrected chi connectivity index (χ4v) is 2.51. The van der Waals surface area contributed by atoms with Gasteiger partial charge in [0.15, 0.2) is 9.84 Å². The summed E-state index contributed by atoms with van der Waals surface area (Å²) in [7, 11) is 1.23. The van der Waals surface area contributed by atoms with E-state index in [-0.39, 0.29) is 11.5 Å². The average Bonchev–Trinajstić information content (AvgIpc) is 2.15. The molecule has 5 heteroatoms. The monoisotopic (exact) mass is 264 g/mol. The lowest BCUT2D eigenvalue weighted by Crippen LogP contribution is -2.41. The fourth-order valence-electron chi connectivity index (χ4n) is 1.80. The van der Waals surface area contributed by atoms with Crippen molar-refractivity contribution in [1.82, 2.24) is 10.2 Å². The molecule has 0 fully saturated rings. The second-order valence-corrected chi connectivity index (χ2v) is 7.75. The predicted molar refractivity (Wildman–Crippen MR) is 74.1 cm³/mol. The minimum atomic E-state index is -2.85. The lowest BCUT2D eigenvalue weighted by molar-refractivity contribution is 0.309. The Kier molecular flexibility index (Phi) is 8.00. The minimum Gasteiger partial charge on any atom is -0.312 e. The Bertz CT molecular complexity index is 277. The van der Waals surface area contributed by atoms with Gasteiger partial charge in [0.25, 0.3) is 0 Å². The molecule has 0 saturated carbocycles. The van der Waals surface area contributed by atoms with Crippen LogP contribution in [0.4, 0.5) is 0 Å². The first kappa shape index (κ1) is 16.9. The molecule has 0 rings (SSSR count). The largest absolute Gasteiger partial charge is 0.312 e. The standard InChI is InChI=1S/C12H28N2O2S/c1-6-17(15,16)8-7-13-12(9-11(2)3)10-14(4)5/h11-13H,6-10H2,1-5H3. The Hall–Kier alpha value is -0.130. The normalized spacial score (nSPS) is 14.5. The van der Waals surface area contributed by atoms with Crippen molar-refractivity contribution in [3.63, 3.8) is 0 Å². The van der Waals surface area contributed by atoms with Gasteiger partial charge >= 0.3 is 0 Å². The summed E-state index contributed by atoms with van der Waals surface area (Å²) in [5.74, 6) is 1.10. The lowest BCUT2D eigenvalue weighted by Gasteiger charge is -2.24. The Morgan fingerprint density at radius 1 is 1.24 bits per heavy atom. The fraction of sp³-hybridized carbons (Fsp3) is 1.00. The molecular formula is C12H28N2O2S. The highest BCUT2D eigenvalue weighted by Gasteiger charge is 2.13. The highest BCUT2D eigenvalue weighted by molar-refractivity contribution is 7.91. The van der Waals surface area contributed by atoms with Crippen LogP contribution in [0.3, 0.4) is 0 Å². The van der Waals surface area contributed by atoms with Crippen LogP contribution in [0.1, 0.15) is 27.2 Å². The Labute approximate surface area is 107 Å². The molecule has 0 spiro atoms. The van der Waals surface area contributed by atoms with Crippen LogP contribution in [0, 0.1) is 5.92 Å². The quantitative estimate of drug-likeness (QED) is 0.675. The summed E-state index contributed by atoms with van der Waals surface area (Å²) < 4.78 is 22.7. The third-order valence-corrected chi connectivity index (χ3v) is 4.33. The highest BCUT2D eigenvalue weighted by Crippen LogP contribution is 2.05. The Balaban J connectivity index is 4.07. The summed E-state index contributed by atoms with van der Waals surface area (Å²) in [5.41, 5.74) is 0. The van der Waals surface area contributed by atoms with E-state index in [0.717, 1.165) is 13.0 Å². The molecule has 0 aliphatic heterocycles. The Morgan fingerprint density at radius 2 is 1.82 bits per heavy atom. The van der Waals surface area contributed by atoms with E-state index in [0.29, 0.717) is 18.5 Å². The van der Waals surface area contributed by atoms with Crippen LogP contribution >= 0.6 is 0 Å². The van der Waals surface area contributed by atoms with Crippen molar-refractivity contribution in [3.8, 4) is 0 Å². The van der Waals surface area contributed by atoms with Crippen molar-refractivity contribution in [2.24, 2.45) is 5.92 Å². The van der Waals surface area contributed by atoms with Crippen LogP contribution < -0.4 is 5.32 Å². The van der Waals surface area contributed by atoms with Crippen LogP contribution in [0.15, 0.2) is 0 Å². The molecule has 0 aromatic carbocycles. The molecule has 0 saturated heterocycles. The second-order valence-electron chi connectivity index (χ2n) is 5.28. The molecule has 1 atom stereocenters. The molecular weight excluding hydrogens is 236 g/mol. The van der Waals surface area contributed by atoms with Crippen molar-refractivity contribution in [3.05, 3.63) is 0 Å². The zero-order chi connectivity index (χ0) is 13.5. The van der Waals surface area contributed by atoms with Gasteiger partial charge in [0.2, 0.25) is 0 Å². The minimum absolute atomic E-state index is 0.233. The van der Waals surface area contributed by atoms with Gasteiger partial charge in [0.05, 0.1) is 5.75 Å². The van der Waals surface area contributed by atoms with Gasteiger partial charge in [0.1, 0.15) is 0 Å². The molecule has 1 N–H and O–H groups in total. The number of likely N-dealkylation sites (N-methyl/N-ethyl adjacent to an activating group) is 1. The van der Waals surface area contributed by atoms with E-state index in [1.165, 1.54) is 0 Å². The summed E-state index contributed by atoms with van der Waals surface area (Å²) >= 11 is 0. The number of nitrogens with zero attached hydrogens (tertiary/aromatic N) is 1. The van der Waals surface area contributed by atoms with E-state index in [9.17, 15) is 8.42 Å². The summed E-state index contributed by atoms with van der Waals surface area (Å²) in [6.45, 7) is 7.58. The SMILES string of the molecule is CCS(=O)(=O)CCNC(CC(C)C)CN(C)C. The molecule has 104 valence electrons. The van der Waals surface area contributed by atoms with Gasteiger partial charge in [-0.15, -0.1) is 0 Å². The van der Waals surface area contributed by atoms with E-state index >= 15 is 0 Å². The molecule has 0 aliphatic rings. The second kappa shape index (κ2) is 8.06. The molecule has 0 bridgehead atoms. The third-order valence-electron chi connectivity index (χ3n) is 2.63. The van der Waals surface area contributed by atoms with Crippen LogP contribution in [0.25, 0.3) is 0 Å². The maximum atomic E-state index is 11.4. The molecule has 1 unspecified atom stereocenters. The molecule has 0 radical (unpaired) electrons. The summed E-state index contributed by atoms with van der Waals surface area (Å²) in [4.78, 5) is 2.13. The number of hydrogen-bond acceptors (Lipinski definition) is 4. The molecule has 0 aromatic rings. The van der Waals surface area contributed by atoms with Gasteiger partial charge in [0, 0.05) is 24.9 Å². The van der Waals surface area contributed by atoms with Gasteiger partial charge in [-0.2, -0.15) is 0 Å². The summed E-state index contributed by atoms with van der Waals surface area (Å²) in [5, 5.41) is 3.35. The van der Waals surface area contributed by atoms with Crippen molar-refractivity contribution < 1.29 is 8.42 Å². The molecule has 0 amide bonds. The maximum absolute atomic E-state index is 11.4. The van der Waals surface area contributed by atoms with E-state index in [2.05, 4.69) is 24.1 Å². The summed E-state index contributed by atoms with van der Waals surface area (Å²) in [6.07, 6.45) is 1.07. The lowest BCUT2D eigenvalue weighted by atomic mass is 10.0. The van der Waals surface area contributed by atoms with Crippen molar-refractivity contribution in [2.75, 3.05) is 38.7 Å². The molecule has 0 aliphatic carbocycles. The topological polar surface area (TPSA) is 49.4 Å². The highest BCUT2D eigenvalue weighted by atomic mass is 32.2. The number of rotatable bonds is 9. The van der Waals surface area contributed by atoms with E-state index in [4.69, 9.17) is 0 Å². The third kappa shape index (κ3) is 9.56. The molecule has 0 aromatic heterocycles. The van der Waals surface area contributed by atoms with Gasteiger partial charge in [-0.25, -0.2) is 8.42 Å². The number of sulfone groups is 1. The molecule has 17 heavy (non-hydrogen) atoms. The number of hydrogen-bond donors (Lipinski definition) is 1. The van der Waals surface area contributed by atoms with E-state index in [1.807, 2.05) is 14.1 Å². The summed E-state index contributed by atoms with van der Waals surface area (Å²) in [6, 6.07) is 0.372. The molecule has 4 nitrogen and oxygen atoms in total. The van der Waals surface area contributed by atoms with Crippen molar-refractivity contribution in [2.45, 2.75) is 33.2 Å². The average molecular weight is 264 g/mol. The predicted octanol–water partition coefficient (Wildman–Crippen LogP) is 0.987. The maximum Gasteiger partial charge on any atom is 0.151 e. The van der Waals surface area contributed by atoms with Gasteiger partial charge in [-0.3, -0.25) is 0 Å².